The third kappa shape index (κ3) is 4.13. The van der Waals surface area contributed by atoms with E-state index in [2.05, 4.69) is 13.5 Å². The maximum absolute atomic E-state index is 12.4. The van der Waals surface area contributed by atoms with E-state index in [9.17, 15) is 4.79 Å². The van der Waals surface area contributed by atoms with E-state index in [4.69, 9.17) is 4.74 Å². The zero-order valence-electron chi connectivity index (χ0n) is 12.1. The van der Waals surface area contributed by atoms with Crippen molar-refractivity contribution in [3.8, 4) is 0 Å². The molecule has 0 aromatic heterocycles. The summed E-state index contributed by atoms with van der Waals surface area (Å²) in [5, 5.41) is 0. The van der Waals surface area contributed by atoms with Gasteiger partial charge in [-0.1, -0.05) is 6.08 Å². The summed E-state index contributed by atoms with van der Waals surface area (Å²) in [7, 11) is 0. The number of ether oxygens (including phenoxy) is 1. The summed E-state index contributed by atoms with van der Waals surface area (Å²) in [5.41, 5.74) is -0.688. The largest absolute Gasteiger partial charge is 0.366 e. The standard InChI is InChI=1S/C15H27NO2/c1-5-6-7-8-12-18-15(3,4)14(17)16-11-9-10-13(16)2/h5,13H,1,6-12H2,2-4H3. The second-order valence-corrected chi connectivity index (χ2v) is 5.63. The van der Waals surface area contributed by atoms with Gasteiger partial charge in [0.1, 0.15) is 5.60 Å². The van der Waals surface area contributed by atoms with Crippen molar-refractivity contribution >= 4 is 5.91 Å². The van der Waals surface area contributed by atoms with Crippen LogP contribution in [0, 0.1) is 0 Å². The Morgan fingerprint density at radius 1 is 1.50 bits per heavy atom. The molecule has 1 atom stereocenters. The molecule has 18 heavy (non-hydrogen) atoms. The van der Waals surface area contributed by atoms with Crippen molar-refractivity contribution in [2.24, 2.45) is 0 Å². The molecule has 0 aliphatic carbocycles. The van der Waals surface area contributed by atoms with Gasteiger partial charge in [0, 0.05) is 19.2 Å². The van der Waals surface area contributed by atoms with Crippen molar-refractivity contribution in [3.63, 3.8) is 0 Å². The first kappa shape index (κ1) is 15.2. The Kier molecular flexibility index (Phi) is 5.86. The van der Waals surface area contributed by atoms with Gasteiger partial charge in [0.25, 0.3) is 5.91 Å². The number of allylic oxidation sites excluding steroid dienone is 1. The fourth-order valence-corrected chi connectivity index (χ4v) is 2.36. The van der Waals surface area contributed by atoms with E-state index in [1.807, 2.05) is 24.8 Å². The highest BCUT2D eigenvalue weighted by atomic mass is 16.5. The Hall–Kier alpha value is -0.830. The molecule has 1 heterocycles. The first-order chi connectivity index (χ1) is 8.49. The van der Waals surface area contributed by atoms with Gasteiger partial charge in [0.2, 0.25) is 0 Å². The first-order valence-corrected chi connectivity index (χ1v) is 7.05. The summed E-state index contributed by atoms with van der Waals surface area (Å²) in [6.45, 7) is 11.1. The monoisotopic (exact) mass is 253 g/mol. The number of hydrogen-bond acceptors (Lipinski definition) is 2. The van der Waals surface area contributed by atoms with Crippen molar-refractivity contribution in [3.05, 3.63) is 12.7 Å². The van der Waals surface area contributed by atoms with Crippen LogP contribution in [-0.4, -0.2) is 35.6 Å². The lowest BCUT2D eigenvalue weighted by atomic mass is 10.1. The van der Waals surface area contributed by atoms with E-state index in [0.29, 0.717) is 12.6 Å². The molecule has 1 rings (SSSR count). The Balaban J connectivity index is 2.37. The summed E-state index contributed by atoms with van der Waals surface area (Å²) in [5.74, 6) is 0.135. The van der Waals surface area contributed by atoms with Crippen LogP contribution in [0.15, 0.2) is 12.7 Å². The van der Waals surface area contributed by atoms with Gasteiger partial charge in [-0.3, -0.25) is 4.79 Å². The van der Waals surface area contributed by atoms with Crippen LogP contribution in [0.4, 0.5) is 0 Å². The van der Waals surface area contributed by atoms with Gasteiger partial charge in [0.15, 0.2) is 0 Å². The summed E-state index contributed by atoms with van der Waals surface area (Å²) in [6.07, 6.45) is 7.22. The van der Waals surface area contributed by atoms with Crippen LogP contribution < -0.4 is 0 Å². The molecule has 0 saturated carbocycles. The fourth-order valence-electron chi connectivity index (χ4n) is 2.36. The molecule has 0 spiro atoms. The van der Waals surface area contributed by atoms with Gasteiger partial charge < -0.3 is 9.64 Å². The van der Waals surface area contributed by atoms with Crippen LogP contribution in [-0.2, 0) is 9.53 Å². The lowest BCUT2D eigenvalue weighted by molar-refractivity contribution is -0.155. The van der Waals surface area contributed by atoms with Gasteiger partial charge in [-0.2, -0.15) is 0 Å². The number of carbonyl (C=O) groups is 1. The molecule has 0 bridgehead atoms. The Morgan fingerprint density at radius 2 is 2.22 bits per heavy atom. The molecule has 3 nitrogen and oxygen atoms in total. The number of nitrogens with zero attached hydrogens (tertiary/aromatic N) is 1. The Labute approximate surface area is 111 Å². The molecule has 0 radical (unpaired) electrons. The fraction of sp³-hybridized carbons (Fsp3) is 0.800. The number of unbranched alkanes of at least 4 members (excludes halogenated alkanes) is 2. The molecular weight excluding hydrogens is 226 g/mol. The Bertz CT molecular complexity index is 286. The summed E-state index contributed by atoms with van der Waals surface area (Å²) >= 11 is 0. The lowest BCUT2D eigenvalue weighted by Crippen LogP contribution is -2.48. The third-order valence-corrected chi connectivity index (χ3v) is 3.59. The summed E-state index contributed by atoms with van der Waals surface area (Å²) < 4.78 is 5.77. The molecule has 104 valence electrons. The van der Waals surface area contributed by atoms with Crippen molar-refractivity contribution in [2.75, 3.05) is 13.2 Å². The van der Waals surface area contributed by atoms with E-state index in [1.54, 1.807) is 0 Å². The highest BCUT2D eigenvalue weighted by Crippen LogP contribution is 2.23. The van der Waals surface area contributed by atoms with Crippen LogP contribution in [0.5, 0.6) is 0 Å². The molecule has 0 N–H and O–H groups in total. The normalized spacial score (nSPS) is 20.2. The van der Waals surface area contributed by atoms with E-state index in [0.717, 1.165) is 38.6 Å². The number of amides is 1. The molecule has 1 aliphatic heterocycles. The molecular formula is C15H27NO2. The van der Waals surface area contributed by atoms with Crippen molar-refractivity contribution in [1.82, 2.24) is 4.90 Å². The topological polar surface area (TPSA) is 29.5 Å². The zero-order valence-corrected chi connectivity index (χ0v) is 12.1. The van der Waals surface area contributed by atoms with Crippen LogP contribution in [0.1, 0.15) is 52.9 Å². The van der Waals surface area contributed by atoms with Crippen LogP contribution in [0.2, 0.25) is 0 Å². The number of rotatable bonds is 7. The SMILES string of the molecule is C=CCCCCOC(C)(C)C(=O)N1CCCC1C. The lowest BCUT2D eigenvalue weighted by Gasteiger charge is -2.32. The molecule has 1 unspecified atom stereocenters. The zero-order chi connectivity index (χ0) is 13.6. The average Bonchev–Trinajstić information content (AvgIpc) is 2.74. The third-order valence-electron chi connectivity index (χ3n) is 3.59. The quantitative estimate of drug-likeness (QED) is 0.515. The molecule has 1 amide bonds. The molecule has 0 aromatic rings. The average molecular weight is 253 g/mol. The molecule has 1 aliphatic rings. The first-order valence-electron chi connectivity index (χ1n) is 7.05. The van der Waals surface area contributed by atoms with E-state index >= 15 is 0 Å². The number of likely N-dealkylation sites (tertiary alicyclic amines) is 1. The minimum absolute atomic E-state index is 0.135. The molecule has 1 fully saturated rings. The van der Waals surface area contributed by atoms with Gasteiger partial charge in [-0.25, -0.2) is 0 Å². The highest BCUT2D eigenvalue weighted by molar-refractivity contribution is 5.84. The van der Waals surface area contributed by atoms with Gasteiger partial charge in [-0.05, 0) is 52.9 Å². The minimum atomic E-state index is -0.688. The smallest absolute Gasteiger partial charge is 0.254 e. The number of hydrogen-bond donors (Lipinski definition) is 0. The summed E-state index contributed by atoms with van der Waals surface area (Å²) in [4.78, 5) is 14.3. The van der Waals surface area contributed by atoms with Crippen molar-refractivity contribution < 1.29 is 9.53 Å². The van der Waals surface area contributed by atoms with Gasteiger partial charge >= 0.3 is 0 Å². The van der Waals surface area contributed by atoms with Gasteiger partial charge in [-0.15, -0.1) is 6.58 Å². The molecule has 0 aromatic carbocycles. The maximum atomic E-state index is 12.4. The second-order valence-electron chi connectivity index (χ2n) is 5.63. The van der Waals surface area contributed by atoms with E-state index in [-0.39, 0.29) is 5.91 Å². The van der Waals surface area contributed by atoms with Gasteiger partial charge in [0.05, 0.1) is 0 Å². The maximum Gasteiger partial charge on any atom is 0.254 e. The predicted molar refractivity (Wildman–Crippen MR) is 74.5 cm³/mol. The molecule has 3 heteroatoms. The molecule has 1 saturated heterocycles. The second kappa shape index (κ2) is 6.93. The van der Waals surface area contributed by atoms with Crippen LogP contribution in [0.3, 0.4) is 0 Å². The summed E-state index contributed by atoms with van der Waals surface area (Å²) in [6, 6.07) is 0.362. The van der Waals surface area contributed by atoms with Crippen LogP contribution in [0.25, 0.3) is 0 Å². The number of carbonyl (C=O) groups excluding carboxylic acids is 1. The van der Waals surface area contributed by atoms with Crippen molar-refractivity contribution in [1.29, 1.82) is 0 Å². The van der Waals surface area contributed by atoms with Crippen LogP contribution >= 0.6 is 0 Å². The van der Waals surface area contributed by atoms with Crippen molar-refractivity contribution in [2.45, 2.75) is 64.5 Å². The van der Waals surface area contributed by atoms with E-state index < -0.39 is 5.60 Å². The minimum Gasteiger partial charge on any atom is -0.366 e. The predicted octanol–water partition coefficient (Wildman–Crippen LogP) is 3.15. The highest BCUT2D eigenvalue weighted by Gasteiger charge is 2.36. The Morgan fingerprint density at radius 3 is 2.78 bits per heavy atom. The van der Waals surface area contributed by atoms with E-state index in [1.165, 1.54) is 0 Å².